The summed E-state index contributed by atoms with van der Waals surface area (Å²) in [5.74, 6) is 0.128. The van der Waals surface area contributed by atoms with Crippen molar-refractivity contribution < 1.29 is 4.79 Å². The van der Waals surface area contributed by atoms with Gasteiger partial charge in [-0.1, -0.05) is 0 Å². The molecule has 0 saturated carbocycles. The van der Waals surface area contributed by atoms with Gasteiger partial charge in [-0.05, 0) is 26.9 Å². The van der Waals surface area contributed by atoms with Gasteiger partial charge in [0.1, 0.15) is 0 Å². The predicted octanol–water partition coefficient (Wildman–Crippen LogP) is 1.11. The maximum atomic E-state index is 11.4. The standard InChI is InChI=1S/C11H19N3OS/c1-9-8-16-11(14-9)5-7-13-10(15)4-3-6-12-2/h8,12H,3-7H2,1-2H3,(H,13,15). The molecule has 0 unspecified atom stereocenters. The molecule has 16 heavy (non-hydrogen) atoms. The molecule has 1 heterocycles. The lowest BCUT2D eigenvalue weighted by Crippen LogP contribution is -2.26. The molecule has 0 spiro atoms. The number of carbonyl (C=O) groups excluding carboxylic acids is 1. The summed E-state index contributed by atoms with van der Waals surface area (Å²) in [5.41, 5.74) is 1.06. The Balaban J connectivity index is 2.08. The highest BCUT2D eigenvalue weighted by Gasteiger charge is 2.02. The topological polar surface area (TPSA) is 54.0 Å². The fraction of sp³-hybridized carbons (Fsp3) is 0.636. The van der Waals surface area contributed by atoms with Gasteiger partial charge in [0.2, 0.25) is 5.91 Å². The van der Waals surface area contributed by atoms with Gasteiger partial charge in [-0.2, -0.15) is 0 Å². The summed E-state index contributed by atoms with van der Waals surface area (Å²) in [6.07, 6.45) is 2.31. The molecule has 1 aromatic heterocycles. The number of aromatic nitrogens is 1. The van der Waals surface area contributed by atoms with Crippen LogP contribution >= 0.6 is 11.3 Å². The molecule has 90 valence electrons. The van der Waals surface area contributed by atoms with E-state index >= 15 is 0 Å². The van der Waals surface area contributed by atoms with Gasteiger partial charge in [0.25, 0.3) is 0 Å². The monoisotopic (exact) mass is 241 g/mol. The second-order valence-electron chi connectivity index (χ2n) is 3.69. The first kappa shape index (κ1) is 13.1. The number of rotatable bonds is 7. The second-order valence-corrected chi connectivity index (χ2v) is 4.63. The summed E-state index contributed by atoms with van der Waals surface area (Å²) in [4.78, 5) is 15.7. The van der Waals surface area contributed by atoms with Gasteiger partial charge in [0.15, 0.2) is 0 Å². The molecule has 0 bridgehead atoms. The zero-order chi connectivity index (χ0) is 11.8. The normalized spacial score (nSPS) is 10.4. The molecule has 0 radical (unpaired) electrons. The molecule has 0 aliphatic heterocycles. The Hall–Kier alpha value is -0.940. The number of hydrogen-bond acceptors (Lipinski definition) is 4. The number of thiazole rings is 1. The number of carbonyl (C=O) groups is 1. The molecule has 0 atom stereocenters. The van der Waals surface area contributed by atoms with Crippen LogP contribution in [-0.2, 0) is 11.2 Å². The van der Waals surface area contributed by atoms with Crippen LogP contribution in [-0.4, -0.2) is 31.0 Å². The minimum absolute atomic E-state index is 0.128. The van der Waals surface area contributed by atoms with Gasteiger partial charge in [-0.15, -0.1) is 11.3 Å². The Labute approximate surface area is 100 Å². The number of nitrogens with zero attached hydrogens (tertiary/aromatic N) is 1. The lowest BCUT2D eigenvalue weighted by molar-refractivity contribution is -0.121. The van der Waals surface area contributed by atoms with Crippen LogP contribution in [0, 0.1) is 6.92 Å². The van der Waals surface area contributed by atoms with E-state index in [0.29, 0.717) is 13.0 Å². The summed E-state index contributed by atoms with van der Waals surface area (Å²) in [5, 5.41) is 9.04. The van der Waals surface area contributed by atoms with E-state index in [9.17, 15) is 4.79 Å². The van der Waals surface area contributed by atoms with Crippen molar-refractivity contribution in [3.8, 4) is 0 Å². The third-order valence-corrected chi connectivity index (χ3v) is 3.18. The Kier molecular flexibility index (Phi) is 6.03. The molecule has 1 rings (SSSR count). The van der Waals surface area contributed by atoms with Crippen molar-refractivity contribution in [3.63, 3.8) is 0 Å². The van der Waals surface area contributed by atoms with E-state index in [1.807, 2.05) is 19.4 Å². The van der Waals surface area contributed by atoms with Crippen molar-refractivity contribution in [2.75, 3.05) is 20.1 Å². The Morgan fingerprint density at radius 1 is 1.50 bits per heavy atom. The van der Waals surface area contributed by atoms with Crippen LogP contribution in [0.2, 0.25) is 0 Å². The van der Waals surface area contributed by atoms with E-state index in [-0.39, 0.29) is 5.91 Å². The van der Waals surface area contributed by atoms with Gasteiger partial charge in [0.05, 0.1) is 5.01 Å². The minimum Gasteiger partial charge on any atom is -0.356 e. The molecule has 0 fully saturated rings. The van der Waals surface area contributed by atoms with Gasteiger partial charge >= 0.3 is 0 Å². The number of amides is 1. The summed E-state index contributed by atoms with van der Waals surface area (Å²) < 4.78 is 0. The molecule has 0 aliphatic carbocycles. The zero-order valence-electron chi connectivity index (χ0n) is 9.88. The van der Waals surface area contributed by atoms with Crippen LogP contribution in [0.5, 0.6) is 0 Å². The largest absolute Gasteiger partial charge is 0.356 e. The van der Waals surface area contributed by atoms with E-state index < -0.39 is 0 Å². The molecule has 0 aliphatic rings. The average Bonchev–Trinajstić information content (AvgIpc) is 2.65. The van der Waals surface area contributed by atoms with Crippen molar-refractivity contribution in [2.45, 2.75) is 26.2 Å². The number of nitrogens with one attached hydrogen (secondary N) is 2. The highest BCUT2D eigenvalue weighted by atomic mass is 32.1. The Morgan fingerprint density at radius 2 is 2.31 bits per heavy atom. The number of hydrogen-bond donors (Lipinski definition) is 2. The lowest BCUT2D eigenvalue weighted by atomic mass is 10.3. The first-order valence-corrected chi connectivity index (χ1v) is 6.42. The van der Waals surface area contributed by atoms with E-state index in [1.54, 1.807) is 11.3 Å². The van der Waals surface area contributed by atoms with Gasteiger partial charge in [-0.3, -0.25) is 4.79 Å². The van der Waals surface area contributed by atoms with E-state index in [1.165, 1.54) is 0 Å². The van der Waals surface area contributed by atoms with Crippen LogP contribution in [0.4, 0.5) is 0 Å². The molecule has 0 aromatic carbocycles. The highest BCUT2D eigenvalue weighted by molar-refractivity contribution is 7.09. The molecular formula is C11H19N3OS. The summed E-state index contributed by atoms with van der Waals surface area (Å²) >= 11 is 1.65. The first-order chi connectivity index (χ1) is 7.72. The average molecular weight is 241 g/mol. The molecular weight excluding hydrogens is 222 g/mol. The maximum Gasteiger partial charge on any atom is 0.220 e. The van der Waals surface area contributed by atoms with Crippen LogP contribution in [0.1, 0.15) is 23.5 Å². The third kappa shape index (κ3) is 5.23. The molecule has 4 nitrogen and oxygen atoms in total. The molecule has 5 heteroatoms. The van der Waals surface area contributed by atoms with E-state index in [2.05, 4.69) is 15.6 Å². The fourth-order valence-corrected chi connectivity index (χ4v) is 2.12. The minimum atomic E-state index is 0.128. The smallest absolute Gasteiger partial charge is 0.220 e. The van der Waals surface area contributed by atoms with Crippen molar-refractivity contribution in [3.05, 3.63) is 16.1 Å². The van der Waals surface area contributed by atoms with Crippen molar-refractivity contribution in [1.82, 2.24) is 15.6 Å². The van der Waals surface area contributed by atoms with Gasteiger partial charge in [-0.25, -0.2) is 4.98 Å². The summed E-state index contributed by atoms with van der Waals surface area (Å²) in [6.45, 7) is 3.56. The molecule has 1 amide bonds. The predicted molar refractivity (Wildman–Crippen MR) is 66.7 cm³/mol. The van der Waals surface area contributed by atoms with Gasteiger partial charge in [0, 0.05) is 30.5 Å². The molecule has 1 aromatic rings. The Bertz CT molecular complexity index is 325. The van der Waals surface area contributed by atoms with Crippen LogP contribution in [0.3, 0.4) is 0 Å². The number of aryl methyl sites for hydroxylation is 1. The van der Waals surface area contributed by atoms with Crippen LogP contribution in [0.25, 0.3) is 0 Å². The van der Waals surface area contributed by atoms with Crippen molar-refractivity contribution >= 4 is 17.2 Å². The van der Waals surface area contributed by atoms with E-state index in [0.717, 1.165) is 30.1 Å². The molecule has 2 N–H and O–H groups in total. The van der Waals surface area contributed by atoms with Gasteiger partial charge < -0.3 is 10.6 Å². The van der Waals surface area contributed by atoms with Crippen LogP contribution in [0.15, 0.2) is 5.38 Å². The van der Waals surface area contributed by atoms with E-state index in [4.69, 9.17) is 0 Å². The fourth-order valence-electron chi connectivity index (χ4n) is 1.34. The summed E-state index contributed by atoms with van der Waals surface area (Å²) in [7, 11) is 1.89. The van der Waals surface area contributed by atoms with Crippen LogP contribution < -0.4 is 10.6 Å². The summed E-state index contributed by atoms with van der Waals surface area (Å²) in [6, 6.07) is 0. The SMILES string of the molecule is CNCCCC(=O)NCCc1nc(C)cs1. The van der Waals surface area contributed by atoms with Crippen molar-refractivity contribution in [1.29, 1.82) is 0 Å². The quantitative estimate of drug-likeness (QED) is 0.703. The second kappa shape index (κ2) is 7.35. The van der Waals surface area contributed by atoms with Crippen molar-refractivity contribution in [2.24, 2.45) is 0 Å². The molecule has 0 saturated heterocycles. The Morgan fingerprint density at radius 3 is 2.94 bits per heavy atom. The lowest BCUT2D eigenvalue weighted by Gasteiger charge is -2.03. The zero-order valence-corrected chi connectivity index (χ0v) is 10.7. The third-order valence-electron chi connectivity index (χ3n) is 2.16. The highest BCUT2D eigenvalue weighted by Crippen LogP contribution is 2.08. The maximum absolute atomic E-state index is 11.4. The first-order valence-electron chi connectivity index (χ1n) is 5.54.